The number of carbonyl (C=O) groups is 1. The van der Waals surface area contributed by atoms with Crippen LogP contribution in [-0.4, -0.2) is 50.7 Å². The summed E-state index contributed by atoms with van der Waals surface area (Å²) < 4.78 is 11.3. The van der Waals surface area contributed by atoms with Crippen molar-refractivity contribution in [2.75, 3.05) is 34.3 Å². The van der Waals surface area contributed by atoms with Crippen molar-refractivity contribution in [3.63, 3.8) is 0 Å². The van der Waals surface area contributed by atoms with E-state index in [0.717, 1.165) is 18.5 Å². The maximum atomic E-state index is 12.3. The summed E-state index contributed by atoms with van der Waals surface area (Å²) >= 11 is 0. The number of methoxy groups -OCH3 is 1. The van der Waals surface area contributed by atoms with E-state index in [0.29, 0.717) is 18.0 Å². The molecule has 1 aromatic rings. The number of carbonyl (C=O) groups excluding carboxylic acids is 1. The monoisotopic (exact) mass is 320 g/mol. The van der Waals surface area contributed by atoms with Crippen LogP contribution >= 0.6 is 0 Å². The number of amides is 1. The highest BCUT2D eigenvalue weighted by Gasteiger charge is 2.30. The van der Waals surface area contributed by atoms with Crippen LogP contribution in [0.25, 0.3) is 0 Å². The van der Waals surface area contributed by atoms with Gasteiger partial charge in [0.2, 0.25) is 0 Å². The Labute approximate surface area is 139 Å². The van der Waals surface area contributed by atoms with E-state index in [4.69, 9.17) is 9.47 Å². The normalized spacial score (nSPS) is 11.2. The first kappa shape index (κ1) is 19.0. The molecule has 0 saturated carbocycles. The van der Waals surface area contributed by atoms with Gasteiger partial charge in [0.15, 0.2) is 17.1 Å². The zero-order chi connectivity index (χ0) is 17.5. The third-order valence-electron chi connectivity index (χ3n) is 3.36. The average Bonchev–Trinajstić information content (AvgIpc) is 2.48. The van der Waals surface area contributed by atoms with Crippen LogP contribution in [0.3, 0.4) is 0 Å². The van der Waals surface area contributed by atoms with E-state index in [1.54, 1.807) is 21.0 Å². The SMILES string of the molecule is C=CCc1ccc(OC(C)(C)C(=O)NCCN(C)C)c(OC)c1. The Morgan fingerprint density at radius 2 is 2.04 bits per heavy atom. The van der Waals surface area contributed by atoms with Crippen molar-refractivity contribution in [1.29, 1.82) is 0 Å². The standard InChI is InChI=1S/C18H28N2O3/c1-7-8-14-9-10-15(16(13-14)22-6)23-18(2,3)17(21)19-11-12-20(4)5/h7,9-10,13H,1,8,11-12H2,2-6H3,(H,19,21). The van der Waals surface area contributed by atoms with Crippen molar-refractivity contribution in [3.05, 3.63) is 36.4 Å². The number of likely N-dealkylation sites (N-methyl/N-ethyl adjacent to an activating group) is 1. The molecular formula is C18H28N2O3. The zero-order valence-corrected chi connectivity index (χ0v) is 14.8. The minimum atomic E-state index is -0.987. The lowest BCUT2D eigenvalue weighted by Gasteiger charge is -2.26. The minimum Gasteiger partial charge on any atom is -0.493 e. The van der Waals surface area contributed by atoms with E-state index in [2.05, 4.69) is 11.9 Å². The molecule has 0 radical (unpaired) electrons. The van der Waals surface area contributed by atoms with E-state index in [9.17, 15) is 4.79 Å². The van der Waals surface area contributed by atoms with Crippen molar-refractivity contribution in [1.82, 2.24) is 10.2 Å². The van der Waals surface area contributed by atoms with Crippen LogP contribution in [0.15, 0.2) is 30.9 Å². The molecule has 128 valence electrons. The summed E-state index contributed by atoms with van der Waals surface area (Å²) in [5.41, 5.74) is 0.0944. The van der Waals surface area contributed by atoms with Crippen molar-refractivity contribution >= 4 is 5.91 Å². The summed E-state index contributed by atoms with van der Waals surface area (Å²) in [5, 5.41) is 2.88. The highest BCUT2D eigenvalue weighted by atomic mass is 16.5. The van der Waals surface area contributed by atoms with Crippen LogP contribution in [0, 0.1) is 0 Å². The number of ether oxygens (including phenoxy) is 2. The molecule has 0 saturated heterocycles. The molecule has 0 fully saturated rings. The van der Waals surface area contributed by atoms with Crippen LogP contribution in [0.5, 0.6) is 11.5 Å². The Morgan fingerprint density at radius 3 is 2.61 bits per heavy atom. The van der Waals surface area contributed by atoms with Gasteiger partial charge in [-0.25, -0.2) is 0 Å². The quantitative estimate of drug-likeness (QED) is 0.709. The lowest BCUT2D eigenvalue weighted by atomic mass is 10.1. The van der Waals surface area contributed by atoms with Crippen molar-refractivity contribution in [3.8, 4) is 11.5 Å². The Hall–Kier alpha value is -2.01. The molecule has 0 aliphatic rings. The lowest BCUT2D eigenvalue weighted by molar-refractivity contribution is -0.134. The molecule has 23 heavy (non-hydrogen) atoms. The molecular weight excluding hydrogens is 292 g/mol. The molecule has 0 aromatic heterocycles. The average molecular weight is 320 g/mol. The molecule has 0 aliphatic carbocycles. The van der Waals surface area contributed by atoms with Crippen LogP contribution in [-0.2, 0) is 11.2 Å². The molecule has 0 heterocycles. The van der Waals surface area contributed by atoms with E-state index >= 15 is 0 Å². The molecule has 0 atom stereocenters. The number of hydrogen-bond acceptors (Lipinski definition) is 4. The summed E-state index contributed by atoms with van der Waals surface area (Å²) in [5.74, 6) is 1.00. The summed E-state index contributed by atoms with van der Waals surface area (Å²) in [6.45, 7) is 8.58. The summed E-state index contributed by atoms with van der Waals surface area (Å²) in [4.78, 5) is 14.3. The van der Waals surface area contributed by atoms with Crippen molar-refractivity contribution in [2.45, 2.75) is 25.9 Å². The van der Waals surface area contributed by atoms with Gasteiger partial charge in [-0.2, -0.15) is 0 Å². The van der Waals surface area contributed by atoms with Crippen LogP contribution in [0.2, 0.25) is 0 Å². The molecule has 0 unspecified atom stereocenters. The number of nitrogens with zero attached hydrogens (tertiary/aromatic N) is 1. The van der Waals surface area contributed by atoms with E-state index in [-0.39, 0.29) is 5.91 Å². The fourth-order valence-electron chi connectivity index (χ4n) is 2.02. The molecule has 5 heteroatoms. The molecule has 0 spiro atoms. The second-order valence-corrected chi connectivity index (χ2v) is 6.15. The van der Waals surface area contributed by atoms with Gasteiger partial charge in [0.25, 0.3) is 5.91 Å². The third-order valence-corrected chi connectivity index (χ3v) is 3.36. The predicted octanol–water partition coefficient (Wildman–Crippen LogP) is 2.26. The van der Waals surface area contributed by atoms with Gasteiger partial charge in [-0.05, 0) is 52.1 Å². The maximum Gasteiger partial charge on any atom is 0.263 e. The minimum absolute atomic E-state index is 0.156. The molecule has 1 rings (SSSR count). The Balaban J connectivity index is 2.79. The number of rotatable bonds is 9. The molecule has 0 aliphatic heterocycles. The van der Waals surface area contributed by atoms with Crippen molar-refractivity contribution < 1.29 is 14.3 Å². The Bertz CT molecular complexity index is 539. The van der Waals surface area contributed by atoms with E-state index in [1.165, 1.54) is 0 Å². The van der Waals surface area contributed by atoms with Crippen molar-refractivity contribution in [2.24, 2.45) is 0 Å². The van der Waals surface area contributed by atoms with Crippen LogP contribution < -0.4 is 14.8 Å². The molecule has 1 N–H and O–H groups in total. The van der Waals surface area contributed by atoms with Gasteiger partial charge in [-0.15, -0.1) is 6.58 Å². The third kappa shape index (κ3) is 5.94. The number of allylic oxidation sites excluding steroid dienone is 1. The second-order valence-electron chi connectivity index (χ2n) is 6.15. The fraction of sp³-hybridized carbons (Fsp3) is 0.500. The van der Waals surface area contributed by atoms with E-state index < -0.39 is 5.60 Å². The van der Waals surface area contributed by atoms with Gasteiger partial charge < -0.3 is 19.7 Å². The highest BCUT2D eigenvalue weighted by Crippen LogP contribution is 2.31. The summed E-state index contributed by atoms with van der Waals surface area (Å²) in [6.07, 6.45) is 2.59. The molecule has 5 nitrogen and oxygen atoms in total. The molecule has 0 bridgehead atoms. The first-order chi connectivity index (χ1) is 10.8. The van der Waals surface area contributed by atoms with Gasteiger partial charge in [0.1, 0.15) is 0 Å². The maximum absolute atomic E-state index is 12.3. The lowest BCUT2D eigenvalue weighted by Crippen LogP contribution is -2.48. The number of benzene rings is 1. The number of hydrogen-bond donors (Lipinski definition) is 1. The van der Waals surface area contributed by atoms with Gasteiger partial charge in [0, 0.05) is 13.1 Å². The highest BCUT2D eigenvalue weighted by molar-refractivity contribution is 5.84. The Morgan fingerprint density at radius 1 is 1.35 bits per heavy atom. The largest absolute Gasteiger partial charge is 0.493 e. The first-order valence-electron chi connectivity index (χ1n) is 7.70. The summed E-state index contributed by atoms with van der Waals surface area (Å²) in [6, 6.07) is 5.67. The topological polar surface area (TPSA) is 50.8 Å². The van der Waals surface area contributed by atoms with Gasteiger partial charge in [-0.1, -0.05) is 12.1 Å². The smallest absolute Gasteiger partial charge is 0.263 e. The molecule has 1 aromatic carbocycles. The van der Waals surface area contributed by atoms with E-state index in [1.807, 2.05) is 43.3 Å². The second kappa shape index (κ2) is 8.58. The number of nitrogens with one attached hydrogen (secondary N) is 1. The van der Waals surface area contributed by atoms with Gasteiger partial charge in [0.05, 0.1) is 7.11 Å². The predicted molar refractivity (Wildman–Crippen MR) is 93.2 cm³/mol. The van der Waals surface area contributed by atoms with Crippen LogP contribution in [0.1, 0.15) is 19.4 Å². The Kier molecular flexibility index (Phi) is 7.10. The fourth-order valence-corrected chi connectivity index (χ4v) is 2.02. The first-order valence-corrected chi connectivity index (χ1v) is 7.70. The zero-order valence-electron chi connectivity index (χ0n) is 14.8. The van der Waals surface area contributed by atoms with Gasteiger partial charge in [-0.3, -0.25) is 4.79 Å². The van der Waals surface area contributed by atoms with Gasteiger partial charge >= 0.3 is 0 Å². The summed E-state index contributed by atoms with van der Waals surface area (Å²) in [7, 11) is 5.51. The van der Waals surface area contributed by atoms with Crippen LogP contribution in [0.4, 0.5) is 0 Å². The molecule has 1 amide bonds.